The number of alkyl halides is 3. The van der Waals surface area contributed by atoms with Crippen LogP contribution in [0.1, 0.15) is 13.8 Å². The Hall–Kier alpha value is -1.68. The molecule has 1 aromatic rings. The maximum atomic E-state index is 12.3. The van der Waals surface area contributed by atoms with E-state index in [4.69, 9.17) is 11.2 Å². The van der Waals surface area contributed by atoms with E-state index in [1.807, 2.05) is 0 Å². The van der Waals surface area contributed by atoms with E-state index in [-0.39, 0.29) is 5.75 Å². The zero-order valence-corrected chi connectivity index (χ0v) is 11.0. The Morgan fingerprint density at radius 1 is 1.16 bits per heavy atom. The maximum absolute atomic E-state index is 12.3. The monoisotopic (exact) mass is 292 g/mol. The van der Waals surface area contributed by atoms with E-state index in [2.05, 4.69) is 5.92 Å². The number of benzene rings is 1. The molecule has 0 saturated carbocycles. The van der Waals surface area contributed by atoms with Gasteiger partial charge in [0.05, 0.1) is 4.90 Å². The van der Waals surface area contributed by atoms with Gasteiger partial charge in [0.15, 0.2) is 5.60 Å². The fourth-order valence-electron chi connectivity index (χ4n) is 1.14. The van der Waals surface area contributed by atoms with E-state index in [1.54, 1.807) is 13.8 Å². The highest BCUT2D eigenvalue weighted by Gasteiger charge is 2.46. The quantitative estimate of drug-likeness (QED) is 0.805. The first-order valence-corrected chi connectivity index (χ1v) is 6.56. The lowest BCUT2D eigenvalue weighted by atomic mass is 10.1. The summed E-state index contributed by atoms with van der Waals surface area (Å²) in [5, 5.41) is 0. The molecule has 7 heteroatoms. The first-order valence-electron chi connectivity index (χ1n) is 5.08. The van der Waals surface area contributed by atoms with Crippen LogP contribution in [0.3, 0.4) is 0 Å². The number of ether oxygens (including phenoxy) is 1. The van der Waals surface area contributed by atoms with Gasteiger partial charge in [-0.15, -0.1) is 6.42 Å². The molecular formula is C12H11F3O3S. The molecule has 3 nitrogen and oxygen atoms in total. The molecule has 0 amide bonds. The van der Waals surface area contributed by atoms with Gasteiger partial charge < -0.3 is 4.74 Å². The summed E-state index contributed by atoms with van der Waals surface area (Å²) in [4.78, 5) is -0.842. The minimum Gasteiger partial charge on any atom is -0.475 e. The molecule has 0 aliphatic rings. The molecule has 1 aromatic carbocycles. The van der Waals surface area contributed by atoms with Crippen LogP contribution in [0.25, 0.3) is 0 Å². The lowest BCUT2D eigenvalue weighted by Gasteiger charge is -2.20. The molecule has 0 fully saturated rings. The Labute approximate surface area is 109 Å². The van der Waals surface area contributed by atoms with Gasteiger partial charge >= 0.3 is 5.51 Å². The summed E-state index contributed by atoms with van der Waals surface area (Å²) in [5.74, 6) is 2.52. The molecule has 0 aliphatic heterocycles. The van der Waals surface area contributed by atoms with Crippen LogP contribution >= 0.6 is 0 Å². The Bertz CT molecular complexity index is 593. The number of terminal acetylenes is 1. The fourth-order valence-corrected chi connectivity index (χ4v) is 1.91. The van der Waals surface area contributed by atoms with Crippen molar-refractivity contribution in [2.45, 2.75) is 29.9 Å². The third-order valence-electron chi connectivity index (χ3n) is 2.16. The van der Waals surface area contributed by atoms with Crippen molar-refractivity contribution in [3.63, 3.8) is 0 Å². The molecule has 0 spiro atoms. The van der Waals surface area contributed by atoms with Crippen molar-refractivity contribution in [1.29, 1.82) is 0 Å². The zero-order valence-electron chi connectivity index (χ0n) is 10.2. The van der Waals surface area contributed by atoms with E-state index in [0.717, 1.165) is 24.3 Å². The number of hydrogen-bond acceptors (Lipinski definition) is 3. The number of hydrogen-bond donors (Lipinski definition) is 0. The summed E-state index contributed by atoms with van der Waals surface area (Å²) in [6.07, 6.45) is 5.19. The average Bonchev–Trinajstić information content (AvgIpc) is 2.28. The van der Waals surface area contributed by atoms with Gasteiger partial charge in [0.1, 0.15) is 5.75 Å². The first-order chi connectivity index (χ1) is 8.49. The lowest BCUT2D eigenvalue weighted by Crippen LogP contribution is -2.25. The lowest BCUT2D eigenvalue weighted by molar-refractivity contribution is -0.0436. The molecule has 0 aromatic heterocycles. The van der Waals surface area contributed by atoms with Crippen molar-refractivity contribution in [1.82, 2.24) is 0 Å². The molecule has 0 bridgehead atoms. The third-order valence-corrected chi connectivity index (χ3v) is 3.66. The van der Waals surface area contributed by atoms with E-state index in [1.165, 1.54) is 0 Å². The van der Waals surface area contributed by atoms with Crippen LogP contribution in [0.15, 0.2) is 29.2 Å². The molecular weight excluding hydrogens is 281 g/mol. The third kappa shape index (κ3) is 3.41. The van der Waals surface area contributed by atoms with E-state index in [9.17, 15) is 21.6 Å². The summed E-state index contributed by atoms with van der Waals surface area (Å²) in [6.45, 7) is 3.18. The summed E-state index contributed by atoms with van der Waals surface area (Å²) < 4.78 is 64.4. The van der Waals surface area contributed by atoms with Crippen molar-refractivity contribution in [3.05, 3.63) is 24.3 Å². The summed E-state index contributed by atoms with van der Waals surface area (Å²) in [5.41, 5.74) is -6.27. The molecule has 0 radical (unpaired) electrons. The largest absolute Gasteiger partial charge is 0.501 e. The highest BCUT2D eigenvalue weighted by molar-refractivity contribution is 7.92. The molecule has 104 valence electrons. The van der Waals surface area contributed by atoms with Gasteiger partial charge in [-0.2, -0.15) is 13.2 Å². The van der Waals surface area contributed by atoms with Gasteiger partial charge in [-0.3, -0.25) is 0 Å². The van der Waals surface area contributed by atoms with Crippen LogP contribution < -0.4 is 4.74 Å². The molecule has 1 rings (SSSR count). The van der Waals surface area contributed by atoms with Gasteiger partial charge in [0.25, 0.3) is 9.84 Å². The molecule has 0 N–H and O–H groups in total. The van der Waals surface area contributed by atoms with Crippen molar-refractivity contribution in [2.24, 2.45) is 0 Å². The number of sulfone groups is 1. The van der Waals surface area contributed by atoms with Crippen molar-refractivity contribution < 1.29 is 26.3 Å². The second-order valence-corrected chi connectivity index (χ2v) is 6.12. The first kappa shape index (κ1) is 15.4. The minimum atomic E-state index is -5.34. The van der Waals surface area contributed by atoms with Crippen LogP contribution in [0.5, 0.6) is 5.75 Å². The Balaban J connectivity index is 3.06. The van der Waals surface area contributed by atoms with Gasteiger partial charge in [-0.05, 0) is 38.1 Å². The second kappa shape index (κ2) is 4.78. The van der Waals surface area contributed by atoms with Crippen LogP contribution in [0.4, 0.5) is 13.2 Å². The maximum Gasteiger partial charge on any atom is 0.501 e. The topological polar surface area (TPSA) is 43.4 Å². The zero-order chi connectivity index (χ0) is 14.9. The Kier molecular flexibility index (Phi) is 3.87. The SMILES string of the molecule is C#CC(C)(C)Oc1ccc(S(=O)(=O)C(F)(F)F)cc1. The standard InChI is InChI=1S/C12H11F3O3S/c1-4-11(2,3)18-9-5-7-10(8-6-9)19(16,17)12(13,14)15/h1,5-8H,2-3H3. The highest BCUT2D eigenvalue weighted by Crippen LogP contribution is 2.31. The van der Waals surface area contributed by atoms with Crippen molar-refractivity contribution in [2.75, 3.05) is 0 Å². The van der Waals surface area contributed by atoms with Crippen molar-refractivity contribution >= 4 is 9.84 Å². The Morgan fingerprint density at radius 3 is 2.00 bits per heavy atom. The minimum absolute atomic E-state index is 0.184. The van der Waals surface area contributed by atoms with Crippen LogP contribution in [0.2, 0.25) is 0 Å². The molecule has 0 aliphatic carbocycles. The van der Waals surface area contributed by atoms with Crippen LogP contribution in [-0.4, -0.2) is 19.5 Å². The molecule has 19 heavy (non-hydrogen) atoms. The molecule has 0 atom stereocenters. The van der Waals surface area contributed by atoms with E-state index < -0.39 is 25.8 Å². The second-order valence-electron chi connectivity index (χ2n) is 4.18. The van der Waals surface area contributed by atoms with Crippen molar-refractivity contribution in [3.8, 4) is 18.1 Å². The number of halogens is 3. The normalized spacial score (nSPS) is 12.8. The highest BCUT2D eigenvalue weighted by atomic mass is 32.2. The molecule has 0 heterocycles. The Morgan fingerprint density at radius 2 is 1.63 bits per heavy atom. The van der Waals surface area contributed by atoms with Gasteiger partial charge in [-0.1, -0.05) is 5.92 Å². The molecule has 0 saturated heterocycles. The predicted octanol–water partition coefficient (Wildman–Crippen LogP) is 2.77. The fraction of sp³-hybridized carbons (Fsp3) is 0.333. The van der Waals surface area contributed by atoms with Gasteiger partial charge in [-0.25, -0.2) is 8.42 Å². The van der Waals surface area contributed by atoms with E-state index in [0.29, 0.717) is 0 Å². The predicted molar refractivity (Wildman–Crippen MR) is 63.2 cm³/mol. The average molecular weight is 292 g/mol. The number of rotatable bonds is 3. The summed E-state index contributed by atoms with van der Waals surface area (Å²) in [6, 6.07) is 3.89. The molecule has 0 unspecified atom stereocenters. The smallest absolute Gasteiger partial charge is 0.475 e. The van der Waals surface area contributed by atoms with Gasteiger partial charge in [0.2, 0.25) is 0 Å². The summed E-state index contributed by atoms with van der Waals surface area (Å²) >= 11 is 0. The van der Waals surface area contributed by atoms with E-state index >= 15 is 0 Å². The summed E-state index contributed by atoms with van der Waals surface area (Å²) in [7, 11) is -5.34. The van der Waals surface area contributed by atoms with Gasteiger partial charge in [0, 0.05) is 0 Å². The van der Waals surface area contributed by atoms with Crippen LogP contribution in [0, 0.1) is 12.3 Å². The van der Waals surface area contributed by atoms with Crippen LogP contribution in [-0.2, 0) is 9.84 Å².